The van der Waals surface area contributed by atoms with Crippen molar-refractivity contribution in [2.75, 3.05) is 7.11 Å². The number of methoxy groups -OCH3 is 1. The smallest absolute Gasteiger partial charge is 0.340 e. The number of fused-ring (bicyclic) bond motifs is 1. The molecule has 0 aliphatic carbocycles. The molecule has 0 saturated heterocycles. The van der Waals surface area contributed by atoms with Crippen LogP contribution in [0, 0.1) is 0 Å². The van der Waals surface area contributed by atoms with Gasteiger partial charge in [-0.1, -0.05) is 18.2 Å². The summed E-state index contributed by atoms with van der Waals surface area (Å²) < 4.78 is 7.30. The highest BCUT2D eigenvalue weighted by Crippen LogP contribution is 2.29. The van der Waals surface area contributed by atoms with Gasteiger partial charge in [-0.3, -0.25) is 0 Å². The molecule has 0 radical (unpaired) electrons. The van der Waals surface area contributed by atoms with Crippen LogP contribution >= 0.6 is 15.9 Å². The first-order valence-corrected chi connectivity index (χ1v) is 7.50. The molecular weight excluding hydrogens is 346 g/mol. The van der Waals surface area contributed by atoms with Crippen LogP contribution in [0.15, 0.2) is 47.1 Å². The van der Waals surface area contributed by atoms with Crippen molar-refractivity contribution in [3.8, 4) is 5.69 Å². The predicted molar refractivity (Wildman–Crippen MR) is 88.0 cm³/mol. The van der Waals surface area contributed by atoms with E-state index in [9.17, 15) is 4.79 Å². The molecule has 0 amide bonds. The largest absolute Gasteiger partial charge is 0.465 e. The van der Waals surface area contributed by atoms with Crippen molar-refractivity contribution >= 4 is 32.8 Å². The van der Waals surface area contributed by atoms with Crippen molar-refractivity contribution in [3.63, 3.8) is 0 Å². The number of aromatic nitrogens is 2. The maximum atomic E-state index is 11.9. The van der Waals surface area contributed by atoms with Crippen LogP contribution in [-0.2, 0) is 11.3 Å². The highest BCUT2D eigenvalue weighted by atomic mass is 79.9. The quantitative estimate of drug-likeness (QED) is 0.729. The van der Waals surface area contributed by atoms with Crippen LogP contribution < -0.4 is 5.73 Å². The maximum Gasteiger partial charge on any atom is 0.340 e. The minimum Gasteiger partial charge on any atom is -0.465 e. The first-order valence-electron chi connectivity index (χ1n) is 6.70. The van der Waals surface area contributed by atoms with Gasteiger partial charge in [-0.2, -0.15) is 5.10 Å². The van der Waals surface area contributed by atoms with Gasteiger partial charge in [0.25, 0.3) is 0 Å². The number of esters is 1. The third kappa shape index (κ3) is 2.40. The molecule has 2 aromatic carbocycles. The van der Waals surface area contributed by atoms with Crippen molar-refractivity contribution in [1.82, 2.24) is 9.78 Å². The molecule has 3 aromatic rings. The average molecular weight is 360 g/mol. The molecule has 0 bridgehead atoms. The number of benzene rings is 2. The molecule has 5 nitrogen and oxygen atoms in total. The van der Waals surface area contributed by atoms with E-state index in [0.29, 0.717) is 17.8 Å². The average Bonchev–Trinajstić information content (AvgIpc) is 2.90. The van der Waals surface area contributed by atoms with Gasteiger partial charge < -0.3 is 10.5 Å². The van der Waals surface area contributed by atoms with Crippen LogP contribution in [0.1, 0.15) is 15.9 Å². The Hall–Kier alpha value is -2.18. The number of nitrogens with zero attached hydrogens (tertiary/aromatic N) is 2. The monoisotopic (exact) mass is 359 g/mol. The number of carbonyl (C=O) groups is 1. The Labute approximate surface area is 135 Å². The molecule has 0 aliphatic heterocycles. The molecular formula is C16H14BrN3O2. The lowest BCUT2D eigenvalue weighted by Gasteiger charge is -2.08. The molecule has 3 rings (SSSR count). The minimum absolute atomic E-state index is 0.398. The van der Waals surface area contributed by atoms with E-state index in [1.165, 1.54) is 7.11 Å². The summed E-state index contributed by atoms with van der Waals surface area (Å²) in [7, 11) is 1.36. The van der Waals surface area contributed by atoms with Gasteiger partial charge in [0.05, 0.1) is 23.9 Å². The Morgan fingerprint density at radius 3 is 2.82 bits per heavy atom. The van der Waals surface area contributed by atoms with Gasteiger partial charge in [0.2, 0.25) is 0 Å². The Bertz CT molecular complexity index is 858. The van der Waals surface area contributed by atoms with Gasteiger partial charge >= 0.3 is 5.97 Å². The van der Waals surface area contributed by atoms with Gasteiger partial charge in [0.15, 0.2) is 0 Å². The second-order valence-corrected chi connectivity index (χ2v) is 5.52. The SMILES string of the molecule is COC(=O)c1ccccc1-n1nc2ccc(CN)cc2c1Br. The first-order chi connectivity index (χ1) is 10.7. The number of hydrogen-bond donors (Lipinski definition) is 1. The lowest BCUT2D eigenvalue weighted by atomic mass is 10.1. The summed E-state index contributed by atoms with van der Waals surface area (Å²) in [6.45, 7) is 0.465. The van der Waals surface area contributed by atoms with E-state index >= 15 is 0 Å². The molecule has 112 valence electrons. The third-order valence-corrected chi connectivity index (χ3v) is 4.21. The summed E-state index contributed by atoms with van der Waals surface area (Å²) in [4.78, 5) is 11.9. The fraction of sp³-hybridized carbons (Fsp3) is 0.125. The second kappa shape index (κ2) is 5.90. The minimum atomic E-state index is -0.398. The lowest BCUT2D eigenvalue weighted by molar-refractivity contribution is 0.0600. The van der Waals surface area contributed by atoms with Crippen LogP contribution in [0.4, 0.5) is 0 Å². The molecule has 0 unspecified atom stereocenters. The topological polar surface area (TPSA) is 70.1 Å². The number of rotatable bonds is 3. The first kappa shape index (κ1) is 14.7. The van der Waals surface area contributed by atoms with Crippen LogP contribution in [0.3, 0.4) is 0 Å². The lowest BCUT2D eigenvalue weighted by Crippen LogP contribution is -2.08. The number of hydrogen-bond acceptors (Lipinski definition) is 4. The molecule has 0 fully saturated rings. The van der Waals surface area contributed by atoms with E-state index in [0.717, 1.165) is 21.1 Å². The molecule has 22 heavy (non-hydrogen) atoms. The van der Waals surface area contributed by atoms with E-state index in [2.05, 4.69) is 21.0 Å². The maximum absolute atomic E-state index is 11.9. The van der Waals surface area contributed by atoms with Gasteiger partial charge in [-0.15, -0.1) is 0 Å². The van der Waals surface area contributed by atoms with Crippen LogP contribution in [0.5, 0.6) is 0 Å². The van der Waals surface area contributed by atoms with Gasteiger partial charge in [0.1, 0.15) is 4.60 Å². The van der Waals surface area contributed by atoms with E-state index in [1.807, 2.05) is 30.3 Å². The summed E-state index contributed by atoms with van der Waals surface area (Å²) >= 11 is 3.56. The van der Waals surface area contributed by atoms with E-state index in [-0.39, 0.29) is 0 Å². The Kier molecular flexibility index (Phi) is 3.96. The van der Waals surface area contributed by atoms with Crippen LogP contribution in [0.2, 0.25) is 0 Å². The molecule has 0 aliphatic rings. The Balaban J connectivity index is 2.23. The molecule has 6 heteroatoms. The van der Waals surface area contributed by atoms with Crippen LogP contribution in [0.25, 0.3) is 16.6 Å². The normalized spacial score (nSPS) is 10.9. The zero-order chi connectivity index (χ0) is 15.7. The van der Waals surface area contributed by atoms with E-state index in [1.54, 1.807) is 16.8 Å². The Morgan fingerprint density at radius 1 is 1.32 bits per heavy atom. The van der Waals surface area contributed by atoms with Crippen molar-refractivity contribution in [1.29, 1.82) is 0 Å². The van der Waals surface area contributed by atoms with Gasteiger partial charge in [-0.05, 0) is 45.8 Å². The number of ether oxygens (including phenoxy) is 1. The fourth-order valence-electron chi connectivity index (χ4n) is 2.33. The number of para-hydroxylation sites is 1. The molecule has 0 atom stereocenters. The second-order valence-electron chi connectivity index (χ2n) is 4.77. The Morgan fingerprint density at radius 2 is 2.09 bits per heavy atom. The fourth-order valence-corrected chi connectivity index (χ4v) is 2.92. The highest BCUT2D eigenvalue weighted by Gasteiger charge is 2.17. The van der Waals surface area contributed by atoms with E-state index < -0.39 is 5.97 Å². The van der Waals surface area contributed by atoms with Gasteiger partial charge in [-0.25, -0.2) is 9.48 Å². The van der Waals surface area contributed by atoms with Crippen molar-refractivity contribution in [2.45, 2.75) is 6.54 Å². The van der Waals surface area contributed by atoms with Crippen molar-refractivity contribution in [3.05, 3.63) is 58.2 Å². The molecule has 1 heterocycles. The third-order valence-electron chi connectivity index (χ3n) is 3.45. The summed E-state index contributed by atoms with van der Waals surface area (Å²) in [6.07, 6.45) is 0. The van der Waals surface area contributed by atoms with Crippen molar-refractivity contribution in [2.24, 2.45) is 5.73 Å². The van der Waals surface area contributed by atoms with Gasteiger partial charge in [0, 0.05) is 11.9 Å². The zero-order valence-corrected chi connectivity index (χ0v) is 13.5. The highest BCUT2D eigenvalue weighted by molar-refractivity contribution is 9.10. The van der Waals surface area contributed by atoms with Crippen molar-refractivity contribution < 1.29 is 9.53 Å². The number of halogens is 1. The number of carbonyl (C=O) groups excluding carboxylic acids is 1. The summed E-state index contributed by atoms with van der Waals surface area (Å²) in [5, 5.41) is 5.50. The summed E-state index contributed by atoms with van der Waals surface area (Å²) in [5.41, 5.74) is 8.65. The molecule has 2 N–H and O–H groups in total. The number of nitrogens with two attached hydrogens (primary N) is 1. The predicted octanol–water partition coefficient (Wildman–Crippen LogP) is 3.03. The molecule has 0 spiro atoms. The zero-order valence-electron chi connectivity index (χ0n) is 11.9. The molecule has 0 saturated carbocycles. The molecule has 1 aromatic heterocycles. The summed E-state index contributed by atoms with van der Waals surface area (Å²) in [5.74, 6) is -0.398. The van der Waals surface area contributed by atoms with Crippen LogP contribution in [-0.4, -0.2) is 22.9 Å². The summed E-state index contributed by atoms with van der Waals surface area (Å²) in [6, 6.07) is 13.0. The standard InChI is InChI=1S/C16H14BrN3O2/c1-22-16(21)11-4-2-3-5-14(11)20-15(17)12-8-10(9-18)6-7-13(12)19-20/h2-8H,9,18H2,1H3. The van der Waals surface area contributed by atoms with E-state index in [4.69, 9.17) is 10.5 Å².